The molecule has 0 fully saturated rings. The molecule has 0 aliphatic rings. The van der Waals surface area contributed by atoms with Crippen LogP contribution in [-0.4, -0.2) is 71.4 Å². The second kappa shape index (κ2) is 7.23. The first kappa shape index (κ1) is 18.2. The average molecular weight is 323 g/mol. The van der Waals surface area contributed by atoms with E-state index >= 15 is 0 Å². The third-order valence-corrected chi connectivity index (χ3v) is 2.51. The molecule has 0 heterocycles. The van der Waals surface area contributed by atoms with Crippen LogP contribution in [0.2, 0.25) is 0 Å². The van der Waals surface area contributed by atoms with Gasteiger partial charge < -0.3 is 5.73 Å². The molecule has 0 unspecified atom stereocenters. The van der Waals surface area contributed by atoms with E-state index in [1.54, 1.807) is 12.1 Å². The molecule has 0 saturated heterocycles. The van der Waals surface area contributed by atoms with Gasteiger partial charge in [0.15, 0.2) is 0 Å². The molecule has 1 rings (SSSR count). The fourth-order valence-corrected chi connectivity index (χ4v) is 1.21. The van der Waals surface area contributed by atoms with Gasteiger partial charge in [0, 0.05) is 12.7 Å². The SMILES string of the molecule is Br.CN(c1ccc(N)cc1)S(=O)(=O)O.[KH]. The fraction of sp³-hybridized carbons (Fsp3) is 0.143. The van der Waals surface area contributed by atoms with Crippen LogP contribution < -0.4 is 10.0 Å². The molecule has 0 saturated carbocycles. The summed E-state index contributed by atoms with van der Waals surface area (Å²) in [7, 11) is -2.93. The number of halogens is 1. The summed E-state index contributed by atoms with van der Waals surface area (Å²) in [6.45, 7) is 0. The molecule has 3 N–H and O–H groups in total. The summed E-state index contributed by atoms with van der Waals surface area (Å²) in [5.41, 5.74) is 6.30. The zero-order valence-corrected chi connectivity index (χ0v) is 9.94. The van der Waals surface area contributed by atoms with E-state index in [0.717, 1.165) is 4.31 Å². The van der Waals surface area contributed by atoms with Crippen molar-refractivity contribution in [1.82, 2.24) is 0 Å². The predicted octanol–water partition coefficient (Wildman–Crippen LogP) is 0.437. The Morgan fingerprint density at radius 2 is 1.67 bits per heavy atom. The molecule has 5 nitrogen and oxygen atoms in total. The van der Waals surface area contributed by atoms with Gasteiger partial charge in [0.25, 0.3) is 0 Å². The van der Waals surface area contributed by atoms with Crippen LogP contribution in [0, 0.1) is 0 Å². The Bertz CT molecular complexity index is 395. The summed E-state index contributed by atoms with van der Waals surface area (Å²) >= 11 is 0. The number of nitrogens with two attached hydrogens (primary N) is 1. The summed E-state index contributed by atoms with van der Waals surface area (Å²) in [6, 6.07) is 6.11. The van der Waals surface area contributed by atoms with E-state index < -0.39 is 10.3 Å². The number of benzene rings is 1. The summed E-state index contributed by atoms with van der Waals surface area (Å²) in [5.74, 6) is 0. The zero-order valence-electron chi connectivity index (χ0n) is 7.41. The maximum atomic E-state index is 10.7. The molecule has 0 spiro atoms. The monoisotopic (exact) mass is 322 g/mol. The molecule has 82 valence electrons. The van der Waals surface area contributed by atoms with Crippen LogP contribution >= 0.6 is 17.0 Å². The van der Waals surface area contributed by atoms with E-state index in [0.29, 0.717) is 11.4 Å². The number of nitrogens with zero attached hydrogens (tertiary/aromatic N) is 1. The fourth-order valence-electron chi connectivity index (χ4n) is 0.817. The molecule has 0 aliphatic carbocycles. The number of anilines is 2. The second-order valence-electron chi connectivity index (χ2n) is 2.54. The Balaban J connectivity index is 0. The van der Waals surface area contributed by atoms with Gasteiger partial charge in [-0.1, -0.05) is 0 Å². The van der Waals surface area contributed by atoms with E-state index in [9.17, 15) is 8.42 Å². The van der Waals surface area contributed by atoms with Gasteiger partial charge in [-0.15, -0.1) is 17.0 Å². The van der Waals surface area contributed by atoms with Crippen molar-refractivity contribution in [3.05, 3.63) is 24.3 Å². The van der Waals surface area contributed by atoms with E-state index in [4.69, 9.17) is 10.3 Å². The Kier molecular flexibility index (Phi) is 8.78. The molecule has 0 radical (unpaired) electrons. The molecule has 0 atom stereocenters. The molecule has 15 heavy (non-hydrogen) atoms. The first-order valence-electron chi connectivity index (χ1n) is 3.48. The van der Waals surface area contributed by atoms with Crippen LogP contribution in [-0.2, 0) is 10.3 Å². The minimum absolute atomic E-state index is 0. The van der Waals surface area contributed by atoms with Crippen LogP contribution in [0.5, 0.6) is 0 Å². The molecular formula is C7H12BrKN2O3S. The number of hydrogen-bond donors (Lipinski definition) is 2. The van der Waals surface area contributed by atoms with Gasteiger partial charge in [-0.3, -0.25) is 8.86 Å². The van der Waals surface area contributed by atoms with E-state index in [2.05, 4.69) is 0 Å². The van der Waals surface area contributed by atoms with Crippen LogP contribution in [0.25, 0.3) is 0 Å². The average Bonchev–Trinajstić information content (AvgIpc) is 2.03. The Morgan fingerprint density at radius 3 is 2.00 bits per heavy atom. The van der Waals surface area contributed by atoms with Crippen molar-refractivity contribution in [2.24, 2.45) is 0 Å². The van der Waals surface area contributed by atoms with Gasteiger partial charge >= 0.3 is 61.7 Å². The van der Waals surface area contributed by atoms with Crippen LogP contribution in [0.1, 0.15) is 0 Å². The van der Waals surface area contributed by atoms with Crippen molar-refractivity contribution in [2.75, 3.05) is 17.1 Å². The van der Waals surface area contributed by atoms with Gasteiger partial charge in [-0.2, -0.15) is 8.42 Å². The number of nitrogen functional groups attached to an aromatic ring is 1. The van der Waals surface area contributed by atoms with Gasteiger partial charge in [0.05, 0.1) is 5.69 Å². The Labute approximate surface area is 142 Å². The number of hydrogen-bond acceptors (Lipinski definition) is 3. The van der Waals surface area contributed by atoms with Crippen molar-refractivity contribution >= 4 is 90.0 Å². The molecule has 0 aliphatic heterocycles. The van der Waals surface area contributed by atoms with Gasteiger partial charge in [-0.05, 0) is 24.3 Å². The van der Waals surface area contributed by atoms with Gasteiger partial charge in [0.2, 0.25) is 0 Å². The van der Waals surface area contributed by atoms with Crippen molar-refractivity contribution in [3.63, 3.8) is 0 Å². The first-order valence-corrected chi connectivity index (χ1v) is 4.88. The molecular weight excluding hydrogens is 311 g/mol. The second-order valence-corrected chi connectivity index (χ2v) is 3.98. The van der Waals surface area contributed by atoms with Crippen molar-refractivity contribution in [2.45, 2.75) is 0 Å². The maximum absolute atomic E-state index is 10.7. The molecule has 0 bridgehead atoms. The first-order chi connectivity index (χ1) is 5.91. The topological polar surface area (TPSA) is 83.6 Å². The Morgan fingerprint density at radius 1 is 1.27 bits per heavy atom. The molecule has 8 heteroatoms. The summed E-state index contributed by atoms with van der Waals surface area (Å²) < 4.78 is 30.8. The molecule has 0 aromatic heterocycles. The van der Waals surface area contributed by atoms with E-state index in [1.165, 1.54) is 19.2 Å². The van der Waals surface area contributed by atoms with Gasteiger partial charge in [-0.25, -0.2) is 0 Å². The van der Waals surface area contributed by atoms with Crippen LogP contribution in [0.15, 0.2) is 24.3 Å². The summed E-state index contributed by atoms with van der Waals surface area (Å²) in [5, 5.41) is 0. The van der Waals surface area contributed by atoms with E-state index in [1.807, 2.05) is 0 Å². The third-order valence-electron chi connectivity index (χ3n) is 1.60. The van der Waals surface area contributed by atoms with Crippen LogP contribution in [0.3, 0.4) is 0 Å². The normalized spacial score (nSPS) is 9.73. The van der Waals surface area contributed by atoms with Crippen molar-refractivity contribution in [3.8, 4) is 0 Å². The van der Waals surface area contributed by atoms with E-state index in [-0.39, 0.29) is 68.4 Å². The van der Waals surface area contributed by atoms with Crippen molar-refractivity contribution in [1.29, 1.82) is 0 Å². The quantitative estimate of drug-likeness (QED) is 0.470. The summed E-state index contributed by atoms with van der Waals surface area (Å²) in [4.78, 5) is 0. The molecule has 0 amide bonds. The van der Waals surface area contributed by atoms with Crippen molar-refractivity contribution < 1.29 is 13.0 Å². The number of rotatable bonds is 2. The van der Waals surface area contributed by atoms with Crippen LogP contribution in [0.4, 0.5) is 11.4 Å². The minimum atomic E-state index is -4.18. The summed E-state index contributed by atoms with van der Waals surface area (Å²) in [6.07, 6.45) is 0. The zero-order chi connectivity index (χ0) is 10.1. The third kappa shape index (κ3) is 5.64. The Hall–Kier alpha value is 0.846. The standard InChI is InChI=1S/C7H10N2O3S.BrH.K.H/c1-9(13(10,11)12)7-4-2-6(8)3-5-7;;;/h2-5H,8H2,1H3,(H,10,11,12);1H;;. The molecule has 1 aromatic carbocycles. The molecule has 1 aromatic rings. The predicted molar refractivity (Wildman–Crippen MR) is 68.3 cm³/mol. The van der Waals surface area contributed by atoms with Gasteiger partial charge in [0.1, 0.15) is 0 Å².